The summed E-state index contributed by atoms with van der Waals surface area (Å²) < 4.78 is 1.67. The van der Waals surface area contributed by atoms with E-state index in [1.54, 1.807) is 30.1 Å². The average Bonchev–Trinajstić information content (AvgIpc) is 2.42. The highest BCUT2D eigenvalue weighted by atomic mass is 79.9. The lowest BCUT2D eigenvalue weighted by atomic mass is 10.1. The van der Waals surface area contributed by atoms with Gasteiger partial charge in [-0.25, -0.2) is 0 Å². The lowest BCUT2D eigenvalue weighted by molar-refractivity contribution is 0.0784. The summed E-state index contributed by atoms with van der Waals surface area (Å²) >= 11 is 18.7. The van der Waals surface area contributed by atoms with E-state index >= 15 is 0 Å². The normalized spacial score (nSPS) is 10.5. The van der Waals surface area contributed by atoms with Crippen LogP contribution in [0.4, 0.5) is 0 Å². The minimum atomic E-state index is -0.0690. The molecule has 0 bridgehead atoms. The van der Waals surface area contributed by atoms with Crippen LogP contribution < -0.4 is 0 Å². The summed E-state index contributed by atoms with van der Waals surface area (Å²) in [6.07, 6.45) is 0. The summed E-state index contributed by atoms with van der Waals surface area (Å²) in [5.74, 6) is -0.0690. The standard InChI is InChI=1S/C15H11Br2Cl2NO/c1-20(8-9-2-5-13(18)14(19)6-9)15(21)11-4-3-10(16)7-12(11)17/h2-7H,8H2,1H3. The van der Waals surface area contributed by atoms with Crippen LogP contribution in [0.15, 0.2) is 45.3 Å². The highest BCUT2D eigenvalue weighted by Gasteiger charge is 2.15. The van der Waals surface area contributed by atoms with Gasteiger partial charge in [-0.3, -0.25) is 4.79 Å². The second-order valence-corrected chi connectivity index (χ2v) is 7.12. The largest absolute Gasteiger partial charge is 0.337 e. The van der Waals surface area contributed by atoms with Gasteiger partial charge in [0.15, 0.2) is 0 Å². The molecular formula is C15H11Br2Cl2NO. The fourth-order valence-electron chi connectivity index (χ4n) is 1.85. The molecule has 0 aliphatic rings. The fourth-order valence-corrected chi connectivity index (χ4v) is 3.39. The zero-order valence-electron chi connectivity index (χ0n) is 11.0. The first-order chi connectivity index (χ1) is 9.88. The average molecular weight is 452 g/mol. The molecule has 2 rings (SSSR count). The lowest BCUT2D eigenvalue weighted by Crippen LogP contribution is -2.26. The van der Waals surface area contributed by atoms with E-state index in [9.17, 15) is 4.79 Å². The van der Waals surface area contributed by atoms with Crippen molar-refractivity contribution in [2.24, 2.45) is 0 Å². The molecule has 0 aromatic heterocycles. The minimum Gasteiger partial charge on any atom is -0.337 e. The van der Waals surface area contributed by atoms with E-state index in [1.165, 1.54) is 0 Å². The van der Waals surface area contributed by atoms with Crippen molar-refractivity contribution >= 4 is 61.0 Å². The molecule has 0 aliphatic heterocycles. The monoisotopic (exact) mass is 449 g/mol. The molecule has 2 aromatic carbocycles. The summed E-state index contributed by atoms with van der Waals surface area (Å²) in [4.78, 5) is 14.1. The summed E-state index contributed by atoms with van der Waals surface area (Å²) in [5, 5.41) is 0.991. The molecule has 2 nitrogen and oxygen atoms in total. The van der Waals surface area contributed by atoms with E-state index in [1.807, 2.05) is 18.2 Å². The van der Waals surface area contributed by atoms with Gasteiger partial charge in [0.25, 0.3) is 5.91 Å². The molecule has 2 aromatic rings. The molecule has 0 radical (unpaired) electrons. The molecule has 110 valence electrons. The number of carbonyl (C=O) groups excluding carboxylic acids is 1. The van der Waals surface area contributed by atoms with E-state index < -0.39 is 0 Å². The van der Waals surface area contributed by atoms with Crippen molar-refractivity contribution in [1.29, 1.82) is 0 Å². The second kappa shape index (κ2) is 7.14. The summed E-state index contributed by atoms with van der Waals surface area (Å²) in [6, 6.07) is 10.8. The van der Waals surface area contributed by atoms with Crippen LogP contribution in [0.5, 0.6) is 0 Å². The Labute approximate surface area is 150 Å². The molecule has 0 atom stereocenters. The zero-order chi connectivity index (χ0) is 15.6. The van der Waals surface area contributed by atoms with E-state index in [-0.39, 0.29) is 5.91 Å². The molecule has 0 spiro atoms. The zero-order valence-corrected chi connectivity index (χ0v) is 15.7. The van der Waals surface area contributed by atoms with Crippen molar-refractivity contribution in [2.45, 2.75) is 6.54 Å². The highest BCUT2D eigenvalue weighted by Crippen LogP contribution is 2.25. The third kappa shape index (κ3) is 4.22. The van der Waals surface area contributed by atoms with Gasteiger partial charge in [0.05, 0.1) is 15.6 Å². The molecule has 21 heavy (non-hydrogen) atoms. The van der Waals surface area contributed by atoms with Gasteiger partial charge in [0.1, 0.15) is 0 Å². The van der Waals surface area contributed by atoms with Crippen molar-refractivity contribution in [3.63, 3.8) is 0 Å². The van der Waals surface area contributed by atoms with Gasteiger partial charge in [-0.2, -0.15) is 0 Å². The van der Waals surface area contributed by atoms with Crippen LogP contribution in [-0.2, 0) is 6.54 Å². The van der Waals surface area contributed by atoms with Crippen LogP contribution in [-0.4, -0.2) is 17.9 Å². The van der Waals surface area contributed by atoms with Gasteiger partial charge in [-0.1, -0.05) is 45.2 Å². The number of carbonyl (C=O) groups is 1. The predicted molar refractivity (Wildman–Crippen MR) is 94.1 cm³/mol. The quantitative estimate of drug-likeness (QED) is 0.578. The minimum absolute atomic E-state index is 0.0690. The Morgan fingerprint density at radius 1 is 1.10 bits per heavy atom. The maximum Gasteiger partial charge on any atom is 0.255 e. The summed E-state index contributed by atoms with van der Waals surface area (Å²) in [5.41, 5.74) is 1.54. The van der Waals surface area contributed by atoms with Gasteiger partial charge in [0, 0.05) is 22.5 Å². The van der Waals surface area contributed by atoms with Crippen LogP contribution in [0, 0.1) is 0 Å². The predicted octanol–water partition coefficient (Wildman–Crippen LogP) is 5.79. The third-order valence-corrected chi connectivity index (χ3v) is 4.80. The number of hydrogen-bond acceptors (Lipinski definition) is 1. The smallest absolute Gasteiger partial charge is 0.255 e. The van der Waals surface area contributed by atoms with Crippen LogP contribution in [0.2, 0.25) is 10.0 Å². The van der Waals surface area contributed by atoms with E-state index in [0.29, 0.717) is 22.2 Å². The SMILES string of the molecule is CN(Cc1ccc(Cl)c(Cl)c1)C(=O)c1ccc(Br)cc1Br. The number of halogens is 4. The first kappa shape index (κ1) is 16.8. The van der Waals surface area contributed by atoms with Gasteiger partial charge >= 0.3 is 0 Å². The lowest BCUT2D eigenvalue weighted by Gasteiger charge is -2.18. The molecule has 0 fully saturated rings. The Kier molecular flexibility index (Phi) is 5.72. The van der Waals surface area contributed by atoms with E-state index in [2.05, 4.69) is 31.9 Å². The first-order valence-corrected chi connectivity index (χ1v) is 8.37. The number of hydrogen-bond donors (Lipinski definition) is 0. The van der Waals surface area contributed by atoms with Crippen molar-refractivity contribution in [1.82, 2.24) is 4.90 Å². The Hall–Kier alpha value is -0.550. The molecule has 0 aliphatic carbocycles. The molecule has 0 saturated heterocycles. The maximum atomic E-state index is 12.5. The molecule has 0 heterocycles. The Morgan fingerprint density at radius 2 is 1.81 bits per heavy atom. The molecule has 0 saturated carbocycles. The second-order valence-electron chi connectivity index (χ2n) is 4.53. The molecular weight excluding hydrogens is 441 g/mol. The van der Waals surface area contributed by atoms with Gasteiger partial charge in [-0.15, -0.1) is 0 Å². The fraction of sp³-hybridized carbons (Fsp3) is 0.133. The van der Waals surface area contributed by atoms with E-state index in [0.717, 1.165) is 14.5 Å². The molecule has 0 unspecified atom stereocenters. The van der Waals surface area contributed by atoms with Crippen molar-refractivity contribution < 1.29 is 4.79 Å². The Morgan fingerprint density at radius 3 is 2.43 bits per heavy atom. The Bertz CT molecular complexity index is 691. The highest BCUT2D eigenvalue weighted by molar-refractivity contribution is 9.11. The van der Waals surface area contributed by atoms with Crippen LogP contribution in [0.25, 0.3) is 0 Å². The van der Waals surface area contributed by atoms with Gasteiger partial charge < -0.3 is 4.90 Å². The maximum absolute atomic E-state index is 12.5. The van der Waals surface area contributed by atoms with Crippen molar-refractivity contribution in [3.8, 4) is 0 Å². The van der Waals surface area contributed by atoms with Crippen LogP contribution in [0.1, 0.15) is 15.9 Å². The molecule has 0 N–H and O–H groups in total. The number of nitrogens with zero attached hydrogens (tertiary/aromatic N) is 1. The third-order valence-electron chi connectivity index (χ3n) is 2.91. The first-order valence-electron chi connectivity index (χ1n) is 6.03. The number of rotatable bonds is 3. The number of amides is 1. The van der Waals surface area contributed by atoms with Crippen LogP contribution in [0.3, 0.4) is 0 Å². The van der Waals surface area contributed by atoms with Crippen LogP contribution >= 0.6 is 55.1 Å². The molecule has 1 amide bonds. The van der Waals surface area contributed by atoms with Gasteiger partial charge in [-0.05, 0) is 51.8 Å². The topological polar surface area (TPSA) is 20.3 Å². The number of benzene rings is 2. The molecule has 6 heteroatoms. The Balaban J connectivity index is 2.17. The van der Waals surface area contributed by atoms with Crippen molar-refractivity contribution in [3.05, 3.63) is 66.5 Å². The summed E-state index contributed by atoms with van der Waals surface area (Å²) in [7, 11) is 1.75. The van der Waals surface area contributed by atoms with Crippen molar-refractivity contribution in [2.75, 3.05) is 7.05 Å². The summed E-state index contributed by atoms with van der Waals surface area (Å²) in [6.45, 7) is 0.457. The van der Waals surface area contributed by atoms with Gasteiger partial charge in [0.2, 0.25) is 0 Å². The van der Waals surface area contributed by atoms with E-state index in [4.69, 9.17) is 23.2 Å².